The van der Waals surface area contributed by atoms with Crippen molar-refractivity contribution in [2.45, 2.75) is 17.8 Å². The summed E-state index contributed by atoms with van der Waals surface area (Å²) in [6.45, 7) is 1.78. The highest BCUT2D eigenvalue weighted by atomic mass is 32.2. The number of aryl methyl sites for hydroxylation is 1. The van der Waals surface area contributed by atoms with Crippen LogP contribution in [0.4, 0.5) is 4.79 Å². The van der Waals surface area contributed by atoms with Crippen LogP contribution in [0.5, 0.6) is 0 Å². The zero-order valence-electron chi connectivity index (χ0n) is 11.2. The summed E-state index contributed by atoms with van der Waals surface area (Å²) in [7, 11) is 0. The molecule has 0 bridgehead atoms. The van der Waals surface area contributed by atoms with Crippen LogP contribution >= 0.6 is 35.3 Å². The normalized spacial score (nSPS) is 27.3. The highest BCUT2D eigenvalue weighted by Crippen LogP contribution is 2.47. The Hall–Kier alpha value is -1.56. The van der Waals surface area contributed by atoms with E-state index in [9.17, 15) is 9.59 Å². The number of ether oxygens (including phenoxy) is 1. The van der Waals surface area contributed by atoms with E-state index in [1.807, 2.05) is 0 Å². The smallest absolute Gasteiger partial charge is 0.449 e. The number of carbonyl (C=O) groups is 2. The molecule has 0 aliphatic carbocycles. The number of rotatable bonds is 3. The average Bonchev–Trinajstić information content (AvgIpc) is 2.91. The molecule has 1 aromatic rings. The van der Waals surface area contributed by atoms with Gasteiger partial charge in [0.25, 0.3) is 5.91 Å². The Morgan fingerprint density at radius 1 is 1.64 bits per heavy atom. The zero-order valence-corrected chi connectivity index (χ0v) is 13.6. The van der Waals surface area contributed by atoms with E-state index in [4.69, 9.17) is 27.8 Å². The van der Waals surface area contributed by atoms with E-state index in [0.29, 0.717) is 16.3 Å². The number of fused-ring (bicyclic) bond motifs is 1. The molecule has 1 amide bonds. The van der Waals surface area contributed by atoms with Crippen molar-refractivity contribution < 1.29 is 19.4 Å². The predicted octanol–water partition coefficient (Wildman–Crippen LogP) is 0.822. The lowest BCUT2D eigenvalue weighted by Crippen LogP contribution is -2.78. The van der Waals surface area contributed by atoms with Crippen LogP contribution in [0.25, 0.3) is 5.57 Å². The standard InChI is InChI=1S/C11H10N4O4S3/c1-4-13-14-6(22-4)5-2-21-9-11(12,3-20)8(16)15(9)7(5)19-10(17)18/h3,9H,2,12H2,1H3,(H,17,18)/t9-,11?/m0/s1. The molecule has 116 valence electrons. The summed E-state index contributed by atoms with van der Waals surface area (Å²) >= 11 is 7.51. The number of aromatic nitrogens is 2. The molecule has 11 heteroatoms. The zero-order chi connectivity index (χ0) is 16.1. The van der Waals surface area contributed by atoms with Crippen LogP contribution in [0.15, 0.2) is 5.88 Å². The molecule has 2 aliphatic rings. The van der Waals surface area contributed by atoms with Crippen LogP contribution in [0.3, 0.4) is 0 Å². The molecule has 1 fully saturated rings. The first-order valence-electron chi connectivity index (χ1n) is 6.03. The molecule has 0 saturated carbocycles. The second-order valence-electron chi connectivity index (χ2n) is 4.67. The SMILES string of the molecule is Cc1nnc(C2=C(OC(=O)O)N3C(=O)C(N)(C=S)[C@@H]3SC2)s1. The van der Waals surface area contributed by atoms with Crippen molar-refractivity contribution >= 4 is 58.3 Å². The van der Waals surface area contributed by atoms with Gasteiger partial charge in [0, 0.05) is 11.1 Å². The maximum absolute atomic E-state index is 12.3. The summed E-state index contributed by atoms with van der Waals surface area (Å²) < 4.78 is 4.83. The summed E-state index contributed by atoms with van der Waals surface area (Å²) in [6.07, 6.45) is -1.51. The molecule has 0 radical (unpaired) electrons. The summed E-state index contributed by atoms with van der Waals surface area (Å²) in [5.41, 5.74) is 5.19. The Morgan fingerprint density at radius 3 is 2.91 bits per heavy atom. The van der Waals surface area contributed by atoms with Crippen molar-refractivity contribution in [2.75, 3.05) is 5.75 Å². The Labute approximate surface area is 138 Å². The third kappa shape index (κ3) is 2.12. The molecule has 1 unspecified atom stereocenters. The fourth-order valence-corrected chi connectivity index (χ4v) is 4.73. The third-order valence-electron chi connectivity index (χ3n) is 3.26. The van der Waals surface area contributed by atoms with E-state index in [2.05, 4.69) is 10.2 Å². The lowest BCUT2D eigenvalue weighted by Gasteiger charge is -2.53. The molecule has 3 heterocycles. The first kappa shape index (κ1) is 15.3. The number of amides is 1. The lowest BCUT2D eigenvalue weighted by atomic mass is 9.91. The van der Waals surface area contributed by atoms with E-state index in [1.165, 1.54) is 33.4 Å². The molecule has 3 N–H and O–H groups in total. The maximum Gasteiger partial charge on any atom is 0.512 e. The number of hydrogen-bond acceptors (Lipinski definition) is 9. The van der Waals surface area contributed by atoms with Crippen molar-refractivity contribution in [3.63, 3.8) is 0 Å². The fraction of sp³-hybridized carbons (Fsp3) is 0.364. The number of nitrogens with zero attached hydrogens (tertiary/aromatic N) is 3. The topological polar surface area (TPSA) is 119 Å². The van der Waals surface area contributed by atoms with Gasteiger partial charge in [-0.2, -0.15) is 0 Å². The van der Waals surface area contributed by atoms with Gasteiger partial charge < -0.3 is 15.6 Å². The van der Waals surface area contributed by atoms with Crippen LogP contribution in [0.2, 0.25) is 0 Å². The van der Waals surface area contributed by atoms with Crippen LogP contribution < -0.4 is 5.73 Å². The quantitative estimate of drug-likeness (QED) is 0.460. The monoisotopic (exact) mass is 358 g/mol. The van der Waals surface area contributed by atoms with Gasteiger partial charge in [-0.25, -0.2) is 4.79 Å². The number of nitrogens with two attached hydrogens (primary N) is 1. The van der Waals surface area contributed by atoms with Gasteiger partial charge in [-0.1, -0.05) is 23.6 Å². The van der Waals surface area contributed by atoms with Gasteiger partial charge >= 0.3 is 6.16 Å². The molecule has 1 saturated heterocycles. The predicted molar refractivity (Wildman–Crippen MR) is 84.3 cm³/mol. The van der Waals surface area contributed by atoms with Gasteiger partial charge in [-0.3, -0.25) is 9.69 Å². The number of carboxylic acid groups (broad SMARTS) is 1. The highest BCUT2D eigenvalue weighted by molar-refractivity contribution is 8.00. The second-order valence-corrected chi connectivity index (χ2v) is 7.15. The maximum atomic E-state index is 12.3. The van der Waals surface area contributed by atoms with E-state index < -0.39 is 23.0 Å². The minimum absolute atomic E-state index is 0.0599. The third-order valence-corrected chi connectivity index (χ3v) is 5.92. The Balaban J connectivity index is 2.06. The van der Waals surface area contributed by atoms with Gasteiger partial charge in [0.15, 0.2) is 5.54 Å². The second kappa shape index (κ2) is 5.26. The van der Waals surface area contributed by atoms with Gasteiger partial charge in [-0.05, 0) is 6.92 Å². The first-order chi connectivity index (χ1) is 10.4. The summed E-state index contributed by atoms with van der Waals surface area (Å²) in [5.74, 6) is -0.154. The van der Waals surface area contributed by atoms with Gasteiger partial charge in [-0.15, -0.1) is 22.0 Å². The Bertz CT molecular complexity index is 718. The van der Waals surface area contributed by atoms with Crippen molar-refractivity contribution in [3.05, 3.63) is 15.9 Å². The summed E-state index contributed by atoms with van der Waals surface area (Å²) in [5, 5.41) is 18.8. The number of hydrogen-bond donors (Lipinski definition) is 2. The number of carbonyl (C=O) groups excluding carboxylic acids is 1. The molecule has 3 rings (SSSR count). The highest BCUT2D eigenvalue weighted by Gasteiger charge is 2.61. The number of thioether (sulfide) groups is 1. The van der Waals surface area contributed by atoms with Crippen molar-refractivity contribution in [1.29, 1.82) is 0 Å². The number of thiocarbonyl (C=S) groups is 1. The average molecular weight is 358 g/mol. The van der Waals surface area contributed by atoms with E-state index in [0.717, 1.165) is 5.01 Å². The minimum Gasteiger partial charge on any atom is -0.449 e. The van der Waals surface area contributed by atoms with Crippen molar-refractivity contribution in [1.82, 2.24) is 15.1 Å². The lowest BCUT2D eigenvalue weighted by molar-refractivity contribution is -0.147. The molecular formula is C11H10N4O4S3. The Morgan fingerprint density at radius 2 is 2.36 bits per heavy atom. The van der Waals surface area contributed by atoms with E-state index in [1.54, 1.807) is 6.92 Å². The molecule has 8 nitrogen and oxygen atoms in total. The molecule has 2 atom stereocenters. The molecular weight excluding hydrogens is 348 g/mol. The Kier molecular flexibility index (Phi) is 3.67. The van der Waals surface area contributed by atoms with Crippen LogP contribution in [0, 0.1) is 6.92 Å². The first-order valence-corrected chi connectivity index (χ1v) is 8.37. The van der Waals surface area contributed by atoms with Gasteiger partial charge in [0.2, 0.25) is 5.88 Å². The van der Waals surface area contributed by atoms with Crippen molar-refractivity contribution in [3.8, 4) is 0 Å². The van der Waals surface area contributed by atoms with Gasteiger partial charge in [0.05, 0.1) is 5.57 Å². The number of β-lactam (4-membered cyclic amide) rings is 1. The molecule has 1 aromatic heterocycles. The van der Waals surface area contributed by atoms with Crippen LogP contribution in [-0.4, -0.2) is 54.3 Å². The fourth-order valence-electron chi connectivity index (χ4n) is 2.22. The van der Waals surface area contributed by atoms with Crippen LogP contribution in [-0.2, 0) is 9.53 Å². The van der Waals surface area contributed by atoms with Crippen LogP contribution in [0.1, 0.15) is 10.0 Å². The molecule has 22 heavy (non-hydrogen) atoms. The van der Waals surface area contributed by atoms with Gasteiger partial charge in [0.1, 0.15) is 15.4 Å². The van der Waals surface area contributed by atoms with E-state index in [-0.39, 0.29) is 5.88 Å². The summed E-state index contributed by atoms with van der Waals surface area (Å²) in [4.78, 5) is 24.5. The molecule has 0 aromatic carbocycles. The largest absolute Gasteiger partial charge is 0.512 e. The van der Waals surface area contributed by atoms with Crippen molar-refractivity contribution in [2.24, 2.45) is 5.73 Å². The van der Waals surface area contributed by atoms with E-state index >= 15 is 0 Å². The molecule has 2 aliphatic heterocycles. The molecule has 0 spiro atoms. The minimum atomic E-state index is -1.51. The summed E-state index contributed by atoms with van der Waals surface area (Å²) in [6, 6.07) is 0.